The maximum absolute atomic E-state index is 12.4. The number of hydrogen-bond acceptors (Lipinski definition) is 2. The summed E-state index contributed by atoms with van der Waals surface area (Å²) in [4.78, 5) is 12.4. The quantitative estimate of drug-likeness (QED) is 0.561. The molecule has 2 atom stereocenters. The van der Waals surface area contributed by atoms with Crippen LogP contribution in [0.5, 0.6) is 0 Å². The molecule has 0 aliphatic carbocycles. The Morgan fingerprint density at radius 2 is 1.78 bits per heavy atom. The molecule has 0 aliphatic rings. The highest BCUT2D eigenvalue weighted by Crippen LogP contribution is 2.34. The molecular weight excluding hydrogens is 426 g/mol. The number of carbonyl (C=O) groups excluding carboxylic acids is 1. The first kappa shape index (κ1) is 21.8. The summed E-state index contributed by atoms with van der Waals surface area (Å²) in [5.41, 5.74) is 1.41. The number of ether oxygens (including phenoxy) is 1. The maximum Gasteiger partial charge on any atom is 0.407 e. The van der Waals surface area contributed by atoms with Crippen molar-refractivity contribution in [1.29, 1.82) is 0 Å². The number of carbonyl (C=O) groups is 1. The van der Waals surface area contributed by atoms with Crippen molar-refractivity contribution in [2.24, 2.45) is 0 Å². The zero-order valence-electron chi connectivity index (χ0n) is 16.5. The Morgan fingerprint density at radius 3 is 2.33 bits per heavy atom. The topological polar surface area (TPSA) is 38.3 Å². The number of amides is 1. The van der Waals surface area contributed by atoms with E-state index >= 15 is 0 Å². The van der Waals surface area contributed by atoms with Gasteiger partial charge >= 0.3 is 6.09 Å². The average molecular weight is 453 g/mol. The molecule has 0 aromatic heterocycles. The highest BCUT2D eigenvalue weighted by molar-refractivity contribution is 9.10. The zero-order valence-corrected chi connectivity index (χ0v) is 18.8. The van der Waals surface area contributed by atoms with Crippen LogP contribution in [0.1, 0.15) is 45.7 Å². The third-order valence-electron chi connectivity index (χ3n) is 4.66. The summed E-state index contributed by atoms with van der Waals surface area (Å²) in [7, 11) is 0. The summed E-state index contributed by atoms with van der Waals surface area (Å²) in [6, 6.07) is 15.9. The first-order valence-electron chi connectivity index (χ1n) is 8.99. The van der Waals surface area contributed by atoms with Gasteiger partial charge in [-0.05, 0) is 69.5 Å². The summed E-state index contributed by atoms with van der Waals surface area (Å²) < 4.78 is 6.46. The Labute approximate surface area is 175 Å². The second-order valence-electron chi connectivity index (χ2n) is 8.10. The molecule has 0 aliphatic heterocycles. The first-order chi connectivity index (χ1) is 12.5. The van der Waals surface area contributed by atoms with E-state index in [4.69, 9.17) is 16.3 Å². The molecule has 1 N–H and O–H groups in total. The molecule has 0 heterocycles. The van der Waals surface area contributed by atoms with Crippen molar-refractivity contribution in [3.05, 3.63) is 69.2 Å². The van der Waals surface area contributed by atoms with Gasteiger partial charge in [0.25, 0.3) is 0 Å². The Kier molecular flexibility index (Phi) is 6.98. The van der Waals surface area contributed by atoms with Gasteiger partial charge in [0.2, 0.25) is 0 Å². The Morgan fingerprint density at radius 1 is 1.15 bits per heavy atom. The number of nitrogens with one attached hydrogen (secondary N) is 1. The van der Waals surface area contributed by atoms with E-state index in [9.17, 15) is 4.79 Å². The van der Waals surface area contributed by atoms with Crippen molar-refractivity contribution in [2.75, 3.05) is 0 Å². The number of benzene rings is 2. The molecule has 1 amide bonds. The van der Waals surface area contributed by atoms with E-state index in [1.165, 1.54) is 0 Å². The standard InChI is InChI=1S/C22H27BrClNO2/c1-15(25-20(26)27-21(2,3)4)22(5,17-7-6-8-18(23)13-17)14-16-9-11-19(24)12-10-16/h6-13,15H,14H2,1-5H3,(H,25,26). The first-order valence-corrected chi connectivity index (χ1v) is 10.2. The number of hydrogen-bond donors (Lipinski definition) is 1. The van der Waals surface area contributed by atoms with E-state index in [0.29, 0.717) is 5.02 Å². The van der Waals surface area contributed by atoms with Crippen LogP contribution in [0.3, 0.4) is 0 Å². The third-order valence-corrected chi connectivity index (χ3v) is 5.40. The van der Waals surface area contributed by atoms with Crippen LogP contribution in [0.4, 0.5) is 4.79 Å². The monoisotopic (exact) mass is 451 g/mol. The molecule has 2 unspecified atom stereocenters. The number of alkyl carbamates (subject to hydrolysis) is 1. The SMILES string of the molecule is CC(NC(=O)OC(C)(C)C)C(C)(Cc1ccc(Cl)cc1)c1cccc(Br)c1. The summed E-state index contributed by atoms with van der Waals surface area (Å²) in [5.74, 6) is 0. The van der Waals surface area contributed by atoms with Gasteiger partial charge in [-0.1, -0.05) is 58.7 Å². The van der Waals surface area contributed by atoms with Gasteiger partial charge in [0, 0.05) is 21.0 Å². The van der Waals surface area contributed by atoms with Crippen molar-refractivity contribution in [1.82, 2.24) is 5.32 Å². The Bertz CT molecular complexity index is 786. The molecular formula is C22H27BrClNO2. The van der Waals surface area contributed by atoms with Crippen LogP contribution in [0, 0.1) is 0 Å². The molecule has 2 aromatic rings. The van der Waals surface area contributed by atoms with Gasteiger partial charge in [-0.25, -0.2) is 4.79 Å². The minimum Gasteiger partial charge on any atom is -0.444 e. The molecule has 0 saturated heterocycles. The fraction of sp³-hybridized carbons (Fsp3) is 0.409. The van der Waals surface area contributed by atoms with E-state index < -0.39 is 11.7 Å². The molecule has 146 valence electrons. The molecule has 0 spiro atoms. The van der Waals surface area contributed by atoms with Crippen molar-refractivity contribution < 1.29 is 9.53 Å². The fourth-order valence-electron chi connectivity index (χ4n) is 3.02. The van der Waals surface area contributed by atoms with E-state index in [-0.39, 0.29) is 11.5 Å². The predicted octanol–water partition coefficient (Wildman–Crippen LogP) is 6.52. The van der Waals surface area contributed by atoms with Gasteiger partial charge < -0.3 is 10.1 Å². The van der Waals surface area contributed by atoms with E-state index in [2.05, 4.69) is 40.3 Å². The van der Waals surface area contributed by atoms with Gasteiger partial charge in [0.15, 0.2) is 0 Å². The van der Waals surface area contributed by atoms with Crippen LogP contribution in [0.15, 0.2) is 53.0 Å². The summed E-state index contributed by atoms with van der Waals surface area (Å²) >= 11 is 9.59. The van der Waals surface area contributed by atoms with Crippen LogP contribution in [-0.4, -0.2) is 17.7 Å². The van der Waals surface area contributed by atoms with Crippen LogP contribution in [0.25, 0.3) is 0 Å². The summed E-state index contributed by atoms with van der Waals surface area (Å²) in [6.07, 6.45) is 0.338. The van der Waals surface area contributed by atoms with Crippen LogP contribution in [0.2, 0.25) is 5.02 Å². The second-order valence-corrected chi connectivity index (χ2v) is 9.45. The molecule has 0 radical (unpaired) electrons. The third kappa shape index (κ3) is 6.25. The number of halogens is 2. The molecule has 0 saturated carbocycles. The minimum atomic E-state index is -0.536. The lowest BCUT2D eigenvalue weighted by molar-refractivity contribution is 0.0485. The lowest BCUT2D eigenvalue weighted by Crippen LogP contribution is -2.49. The lowest BCUT2D eigenvalue weighted by Gasteiger charge is -2.37. The van der Waals surface area contributed by atoms with Crippen molar-refractivity contribution in [3.8, 4) is 0 Å². The molecule has 27 heavy (non-hydrogen) atoms. The van der Waals surface area contributed by atoms with Gasteiger partial charge in [-0.15, -0.1) is 0 Å². The molecule has 2 rings (SSSR count). The van der Waals surface area contributed by atoms with Gasteiger partial charge in [-0.2, -0.15) is 0 Å². The normalized spacial score (nSPS) is 14.9. The van der Waals surface area contributed by atoms with Crippen molar-refractivity contribution >= 4 is 33.6 Å². The van der Waals surface area contributed by atoms with Crippen LogP contribution < -0.4 is 5.32 Å². The largest absolute Gasteiger partial charge is 0.444 e. The average Bonchev–Trinajstić information content (AvgIpc) is 2.55. The summed E-state index contributed by atoms with van der Waals surface area (Å²) in [6.45, 7) is 9.75. The lowest BCUT2D eigenvalue weighted by atomic mass is 9.72. The maximum atomic E-state index is 12.4. The van der Waals surface area contributed by atoms with Crippen molar-refractivity contribution in [2.45, 2.75) is 58.1 Å². The Balaban J connectivity index is 2.33. The zero-order chi connectivity index (χ0) is 20.2. The highest BCUT2D eigenvalue weighted by Gasteiger charge is 2.35. The van der Waals surface area contributed by atoms with Crippen molar-refractivity contribution in [3.63, 3.8) is 0 Å². The second kappa shape index (κ2) is 8.66. The fourth-order valence-corrected chi connectivity index (χ4v) is 3.54. The van der Waals surface area contributed by atoms with E-state index in [1.54, 1.807) is 0 Å². The minimum absolute atomic E-state index is 0.155. The molecule has 2 aromatic carbocycles. The summed E-state index contributed by atoms with van der Waals surface area (Å²) in [5, 5.41) is 3.74. The van der Waals surface area contributed by atoms with Crippen LogP contribution >= 0.6 is 27.5 Å². The molecule has 3 nitrogen and oxygen atoms in total. The predicted molar refractivity (Wildman–Crippen MR) is 115 cm³/mol. The smallest absolute Gasteiger partial charge is 0.407 e. The van der Waals surface area contributed by atoms with Crippen LogP contribution in [-0.2, 0) is 16.6 Å². The Hall–Kier alpha value is -1.52. The van der Waals surface area contributed by atoms with Gasteiger partial charge in [-0.3, -0.25) is 0 Å². The highest BCUT2D eigenvalue weighted by atomic mass is 79.9. The number of rotatable bonds is 5. The molecule has 0 bridgehead atoms. The van der Waals surface area contributed by atoms with Gasteiger partial charge in [0.05, 0.1) is 0 Å². The molecule has 5 heteroatoms. The molecule has 0 fully saturated rings. The van der Waals surface area contributed by atoms with Gasteiger partial charge in [0.1, 0.15) is 5.60 Å². The van der Waals surface area contributed by atoms with E-state index in [0.717, 1.165) is 22.0 Å². The van der Waals surface area contributed by atoms with E-state index in [1.807, 2.05) is 64.1 Å².